The maximum absolute atomic E-state index is 12.4. The summed E-state index contributed by atoms with van der Waals surface area (Å²) < 4.78 is 79.2. The number of H-pyrrole nitrogens is 1. The highest BCUT2D eigenvalue weighted by Gasteiger charge is 2.56. The van der Waals surface area contributed by atoms with Gasteiger partial charge in [0.15, 0.2) is 5.92 Å². The summed E-state index contributed by atoms with van der Waals surface area (Å²) in [4.78, 5) is 13.6. The highest BCUT2D eigenvalue weighted by atomic mass is 19.4. The van der Waals surface area contributed by atoms with E-state index in [4.69, 9.17) is 4.74 Å². The molecule has 0 fully saturated rings. The minimum atomic E-state index is -5.37. The number of benzene rings is 1. The number of hydrogen-bond acceptors (Lipinski definition) is 2. The quantitative estimate of drug-likeness (QED) is 0.855. The van der Waals surface area contributed by atoms with Crippen LogP contribution >= 0.6 is 0 Å². The van der Waals surface area contributed by atoms with Gasteiger partial charge in [-0.05, 0) is 24.3 Å². The van der Waals surface area contributed by atoms with Crippen molar-refractivity contribution in [3.63, 3.8) is 0 Å². The summed E-state index contributed by atoms with van der Waals surface area (Å²) in [6.07, 6.45) is -12.0. The molecule has 0 atom stereocenters. The van der Waals surface area contributed by atoms with Gasteiger partial charge in [-0.15, -0.1) is 0 Å². The maximum atomic E-state index is 12.4. The zero-order chi connectivity index (χ0) is 17.3. The van der Waals surface area contributed by atoms with Crippen LogP contribution < -0.4 is 10.3 Å². The Morgan fingerprint density at radius 3 is 2.26 bits per heavy atom. The van der Waals surface area contributed by atoms with Gasteiger partial charge in [0.1, 0.15) is 5.75 Å². The van der Waals surface area contributed by atoms with Crippen molar-refractivity contribution in [2.45, 2.75) is 18.8 Å². The Bertz CT molecular complexity index is 720. The Balaban J connectivity index is 2.06. The number of alkyl halides is 6. The number of nitrogens with one attached hydrogen (secondary N) is 1. The molecule has 126 valence electrons. The van der Waals surface area contributed by atoms with Gasteiger partial charge in [-0.3, -0.25) is 4.79 Å². The van der Waals surface area contributed by atoms with Crippen LogP contribution in [0, 0.1) is 5.92 Å². The zero-order valence-electron chi connectivity index (χ0n) is 11.5. The molecule has 0 aliphatic rings. The molecule has 1 heterocycles. The number of aromatic amines is 1. The van der Waals surface area contributed by atoms with E-state index in [2.05, 4.69) is 4.98 Å². The fourth-order valence-corrected chi connectivity index (χ4v) is 2.03. The molecule has 23 heavy (non-hydrogen) atoms. The van der Waals surface area contributed by atoms with E-state index in [0.717, 1.165) is 0 Å². The topological polar surface area (TPSA) is 42.1 Å². The van der Waals surface area contributed by atoms with E-state index in [-0.39, 0.29) is 11.3 Å². The van der Waals surface area contributed by atoms with Crippen LogP contribution in [0.15, 0.2) is 35.1 Å². The van der Waals surface area contributed by atoms with Crippen LogP contribution in [-0.4, -0.2) is 23.9 Å². The lowest BCUT2D eigenvalue weighted by molar-refractivity contribution is -0.286. The molecule has 1 N–H and O–H groups in total. The maximum Gasteiger partial charge on any atom is 0.400 e. The van der Waals surface area contributed by atoms with Crippen LogP contribution in [-0.2, 0) is 0 Å². The van der Waals surface area contributed by atoms with Gasteiger partial charge in [-0.25, -0.2) is 0 Å². The summed E-state index contributed by atoms with van der Waals surface area (Å²) in [5.74, 6) is -3.31. The van der Waals surface area contributed by atoms with Crippen molar-refractivity contribution in [3.05, 3.63) is 40.7 Å². The van der Waals surface area contributed by atoms with Crippen molar-refractivity contribution in [2.24, 2.45) is 5.92 Å². The molecular formula is C14H11F6NO2. The van der Waals surface area contributed by atoms with Gasteiger partial charge >= 0.3 is 12.4 Å². The predicted octanol–water partition coefficient (Wildman–Crippen LogP) is 4.04. The fourth-order valence-electron chi connectivity index (χ4n) is 2.03. The monoisotopic (exact) mass is 339 g/mol. The average molecular weight is 339 g/mol. The molecule has 0 radical (unpaired) electrons. The van der Waals surface area contributed by atoms with Crippen molar-refractivity contribution >= 4 is 10.9 Å². The number of pyridine rings is 1. The van der Waals surface area contributed by atoms with Gasteiger partial charge in [-0.2, -0.15) is 26.3 Å². The van der Waals surface area contributed by atoms with Gasteiger partial charge in [0.05, 0.1) is 6.61 Å². The Morgan fingerprint density at radius 1 is 1.00 bits per heavy atom. The van der Waals surface area contributed by atoms with Crippen molar-refractivity contribution < 1.29 is 31.1 Å². The first-order chi connectivity index (χ1) is 10.6. The van der Waals surface area contributed by atoms with Crippen molar-refractivity contribution in [1.29, 1.82) is 0 Å². The highest BCUT2D eigenvalue weighted by molar-refractivity contribution is 5.79. The van der Waals surface area contributed by atoms with E-state index in [1.165, 1.54) is 30.3 Å². The molecule has 0 saturated carbocycles. The molecule has 1 aromatic carbocycles. The number of halogens is 6. The van der Waals surface area contributed by atoms with E-state index in [0.29, 0.717) is 10.9 Å². The lowest BCUT2D eigenvalue weighted by Crippen LogP contribution is -2.37. The third-order valence-electron chi connectivity index (χ3n) is 3.16. The van der Waals surface area contributed by atoms with Gasteiger partial charge in [0.2, 0.25) is 5.56 Å². The van der Waals surface area contributed by atoms with E-state index < -0.39 is 31.3 Å². The van der Waals surface area contributed by atoms with Crippen LogP contribution in [0.2, 0.25) is 0 Å². The minimum absolute atomic E-state index is 0.118. The van der Waals surface area contributed by atoms with Gasteiger partial charge < -0.3 is 9.72 Å². The summed E-state index contributed by atoms with van der Waals surface area (Å²) in [6.45, 7) is -0.738. The second-order valence-corrected chi connectivity index (χ2v) is 4.84. The first kappa shape index (κ1) is 17.2. The van der Waals surface area contributed by atoms with Crippen molar-refractivity contribution in [2.75, 3.05) is 6.61 Å². The molecule has 1 aromatic heterocycles. The van der Waals surface area contributed by atoms with Crippen LogP contribution in [0.5, 0.6) is 5.75 Å². The normalized spacial score (nSPS) is 12.8. The van der Waals surface area contributed by atoms with Crippen molar-refractivity contribution in [3.8, 4) is 5.75 Å². The molecule has 0 aliphatic carbocycles. The van der Waals surface area contributed by atoms with Crippen molar-refractivity contribution in [1.82, 2.24) is 4.98 Å². The minimum Gasteiger partial charge on any atom is -0.494 e. The molecule has 9 heteroatoms. The predicted molar refractivity (Wildman–Crippen MR) is 70.3 cm³/mol. The van der Waals surface area contributed by atoms with E-state index in [1.807, 2.05) is 0 Å². The van der Waals surface area contributed by atoms with Crippen LogP contribution in [0.3, 0.4) is 0 Å². The lowest BCUT2D eigenvalue weighted by atomic mass is 10.1. The summed E-state index contributed by atoms with van der Waals surface area (Å²) >= 11 is 0. The third kappa shape index (κ3) is 4.40. The van der Waals surface area contributed by atoms with Crippen LogP contribution in [0.4, 0.5) is 26.3 Å². The molecule has 0 aliphatic heterocycles. The van der Waals surface area contributed by atoms with E-state index >= 15 is 0 Å². The average Bonchev–Trinajstić information content (AvgIpc) is 2.40. The van der Waals surface area contributed by atoms with Gasteiger partial charge in [-0.1, -0.05) is 0 Å². The Labute approximate surface area is 125 Å². The lowest BCUT2D eigenvalue weighted by Gasteiger charge is -2.22. The molecule has 3 nitrogen and oxygen atoms in total. The Hall–Kier alpha value is -2.19. The van der Waals surface area contributed by atoms with E-state index in [1.54, 1.807) is 0 Å². The molecule has 2 rings (SSSR count). The molecule has 0 bridgehead atoms. The first-order valence-electron chi connectivity index (χ1n) is 6.47. The fraction of sp³-hybridized carbons (Fsp3) is 0.357. The SMILES string of the molecule is O=c1ccc2cc(OCCC(C(F)(F)F)C(F)(F)F)ccc2[nH]1. The largest absolute Gasteiger partial charge is 0.494 e. The van der Waals surface area contributed by atoms with Crippen LogP contribution in [0.25, 0.3) is 10.9 Å². The van der Waals surface area contributed by atoms with Gasteiger partial charge in [0, 0.05) is 23.4 Å². The number of ether oxygens (including phenoxy) is 1. The molecule has 0 spiro atoms. The van der Waals surface area contributed by atoms with E-state index in [9.17, 15) is 31.1 Å². The van der Waals surface area contributed by atoms with Crippen LogP contribution in [0.1, 0.15) is 6.42 Å². The Morgan fingerprint density at radius 2 is 1.65 bits per heavy atom. The summed E-state index contributed by atoms with van der Waals surface area (Å²) in [7, 11) is 0. The smallest absolute Gasteiger partial charge is 0.400 e. The number of aromatic nitrogens is 1. The molecule has 0 amide bonds. The standard InChI is InChI=1S/C14H11F6NO2/c15-13(16,17)11(14(18,19)20)5-6-23-9-2-3-10-8(7-9)1-4-12(22)21-10/h1-4,7,11H,5-6H2,(H,21,22). The first-order valence-corrected chi connectivity index (χ1v) is 6.47. The summed E-state index contributed by atoms with van der Waals surface area (Å²) in [5.41, 5.74) is 0.151. The molecule has 0 saturated heterocycles. The second kappa shape index (κ2) is 6.13. The highest BCUT2D eigenvalue weighted by Crippen LogP contribution is 2.41. The number of rotatable bonds is 4. The zero-order valence-corrected chi connectivity index (χ0v) is 11.5. The summed E-state index contributed by atoms with van der Waals surface area (Å²) in [6, 6.07) is 6.94. The summed E-state index contributed by atoms with van der Waals surface area (Å²) in [5, 5.41) is 0.547. The number of fused-ring (bicyclic) bond motifs is 1. The molecule has 2 aromatic rings. The Kier molecular flexibility index (Phi) is 4.58. The molecular weight excluding hydrogens is 328 g/mol. The van der Waals surface area contributed by atoms with Gasteiger partial charge in [0.25, 0.3) is 0 Å². The third-order valence-corrected chi connectivity index (χ3v) is 3.16. The molecule has 0 unspecified atom stereocenters. The number of hydrogen-bond donors (Lipinski definition) is 1. The second-order valence-electron chi connectivity index (χ2n) is 4.84.